The van der Waals surface area contributed by atoms with Gasteiger partial charge in [0.05, 0.1) is 4.88 Å². The molecule has 0 spiro atoms. The van der Waals surface area contributed by atoms with Gasteiger partial charge in [0.2, 0.25) is 5.95 Å². The van der Waals surface area contributed by atoms with Crippen LogP contribution < -0.4 is 0 Å². The molecular weight excluding hydrogens is 175 g/mol. The fraction of sp³-hybridized carbons (Fsp3) is 0.625. The summed E-state index contributed by atoms with van der Waals surface area (Å²) in [7, 11) is 0. The molecule has 0 N–H and O–H groups in total. The molecule has 1 unspecified atom stereocenters. The molecule has 0 saturated heterocycles. The van der Waals surface area contributed by atoms with Gasteiger partial charge in [0.1, 0.15) is 0 Å². The first kappa shape index (κ1) is 8.10. The Morgan fingerprint density at radius 3 is 3.08 bits per heavy atom. The second-order valence-corrected chi connectivity index (χ2v) is 3.87. The van der Waals surface area contributed by atoms with Crippen LogP contribution in [-0.2, 0) is 0 Å². The smallest absolute Gasteiger partial charge is 0.182 e. The van der Waals surface area contributed by atoms with Crippen LogP contribution >= 0.6 is 11.5 Å². The molecule has 1 aromatic rings. The molecule has 1 aliphatic rings. The fourth-order valence-electron chi connectivity index (χ4n) is 1.61. The van der Waals surface area contributed by atoms with Crippen molar-refractivity contribution in [3.63, 3.8) is 0 Å². The minimum absolute atomic E-state index is 0.346. The Kier molecular flexibility index (Phi) is 2.35. The zero-order valence-corrected chi connectivity index (χ0v) is 7.48. The highest BCUT2D eigenvalue weighted by atomic mass is 32.1. The van der Waals surface area contributed by atoms with Crippen LogP contribution in [0, 0.1) is 12.4 Å². The summed E-state index contributed by atoms with van der Waals surface area (Å²) >= 11 is 1.20. The molecule has 1 aliphatic carbocycles. The van der Waals surface area contributed by atoms with Crippen molar-refractivity contribution in [3.05, 3.63) is 17.2 Å². The van der Waals surface area contributed by atoms with Gasteiger partial charge in [0, 0.05) is 0 Å². The van der Waals surface area contributed by atoms with Crippen LogP contribution in [0.5, 0.6) is 0 Å². The van der Waals surface area contributed by atoms with Crippen molar-refractivity contribution in [3.8, 4) is 0 Å². The number of halogens is 1. The normalized spacial score (nSPS) is 19.8. The van der Waals surface area contributed by atoms with Crippen LogP contribution in [-0.4, -0.2) is 9.59 Å². The van der Waals surface area contributed by atoms with Gasteiger partial charge in [-0.15, -0.1) is 5.10 Å². The van der Waals surface area contributed by atoms with E-state index in [-0.39, 0.29) is 5.95 Å². The highest BCUT2D eigenvalue weighted by Crippen LogP contribution is 2.34. The summed E-state index contributed by atoms with van der Waals surface area (Å²) in [6.45, 7) is 0. The Morgan fingerprint density at radius 2 is 2.50 bits per heavy atom. The van der Waals surface area contributed by atoms with E-state index in [1.807, 2.05) is 0 Å². The van der Waals surface area contributed by atoms with Crippen LogP contribution in [0.1, 0.15) is 36.5 Å². The quantitative estimate of drug-likeness (QED) is 0.672. The Labute approximate surface area is 75.0 Å². The molecule has 1 fully saturated rings. The molecule has 4 heteroatoms. The van der Waals surface area contributed by atoms with Crippen molar-refractivity contribution in [1.82, 2.24) is 9.59 Å². The lowest BCUT2D eigenvalue weighted by molar-refractivity contribution is 0.487. The molecule has 1 heterocycles. The Morgan fingerprint density at radius 1 is 1.58 bits per heavy atom. The average molecular weight is 185 g/mol. The van der Waals surface area contributed by atoms with E-state index in [1.165, 1.54) is 24.4 Å². The first-order chi connectivity index (χ1) is 5.88. The van der Waals surface area contributed by atoms with Gasteiger partial charge in [-0.3, -0.25) is 0 Å². The van der Waals surface area contributed by atoms with E-state index in [0.29, 0.717) is 5.92 Å². The van der Waals surface area contributed by atoms with Gasteiger partial charge in [0.25, 0.3) is 0 Å². The summed E-state index contributed by atoms with van der Waals surface area (Å²) in [6.07, 6.45) is 6.64. The van der Waals surface area contributed by atoms with Crippen LogP contribution in [0.2, 0.25) is 0 Å². The van der Waals surface area contributed by atoms with Crippen molar-refractivity contribution in [2.75, 3.05) is 0 Å². The molecule has 1 atom stereocenters. The molecule has 1 radical (unpaired) electrons. The lowest BCUT2D eigenvalue weighted by Gasteiger charge is -2.18. The average Bonchev–Trinajstić information content (AvgIpc) is 2.53. The lowest BCUT2D eigenvalue weighted by atomic mass is 9.88. The molecule has 0 bridgehead atoms. The molecule has 0 amide bonds. The van der Waals surface area contributed by atoms with Crippen LogP contribution in [0.4, 0.5) is 4.39 Å². The zero-order valence-electron chi connectivity index (χ0n) is 6.66. The number of aromatic nitrogens is 2. The molecule has 2 nitrogen and oxygen atoms in total. The lowest BCUT2D eigenvalue weighted by Crippen LogP contribution is -2.04. The van der Waals surface area contributed by atoms with E-state index in [0.717, 1.165) is 17.7 Å². The zero-order chi connectivity index (χ0) is 8.39. The predicted octanol–water partition coefficient (Wildman–Crippen LogP) is 2.54. The van der Waals surface area contributed by atoms with E-state index in [9.17, 15) is 4.39 Å². The summed E-state index contributed by atoms with van der Waals surface area (Å²) in [5.74, 6) is -0.0148. The van der Waals surface area contributed by atoms with Crippen molar-refractivity contribution >= 4 is 11.5 Å². The summed E-state index contributed by atoms with van der Waals surface area (Å²) < 4.78 is 16.6. The third-order valence-electron chi connectivity index (χ3n) is 2.25. The first-order valence-electron chi connectivity index (χ1n) is 4.17. The van der Waals surface area contributed by atoms with Crippen molar-refractivity contribution in [2.45, 2.75) is 31.6 Å². The van der Waals surface area contributed by atoms with Crippen molar-refractivity contribution < 1.29 is 4.39 Å². The second kappa shape index (κ2) is 3.47. The number of hydrogen-bond donors (Lipinski definition) is 0. The van der Waals surface area contributed by atoms with E-state index >= 15 is 0 Å². The van der Waals surface area contributed by atoms with Gasteiger partial charge >= 0.3 is 0 Å². The van der Waals surface area contributed by atoms with Gasteiger partial charge in [-0.2, -0.15) is 4.39 Å². The van der Waals surface area contributed by atoms with Gasteiger partial charge in [-0.1, -0.05) is 17.3 Å². The van der Waals surface area contributed by atoms with Gasteiger partial charge < -0.3 is 0 Å². The van der Waals surface area contributed by atoms with Crippen LogP contribution in [0.15, 0.2) is 0 Å². The molecule has 1 saturated carbocycles. The Hall–Kier alpha value is -0.510. The molecule has 0 aliphatic heterocycles. The largest absolute Gasteiger partial charge is 0.249 e. The number of hydrogen-bond acceptors (Lipinski definition) is 3. The summed E-state index contributed by atoms with van der Waals surface area (Å²) in [5, 5.41) is 3.38. The third-order valence-corrected chi connectivity index (χ3v) is 3.12. The molecule has 0 aromatic carbocycles. The molecular formula is C8H10FN2S. The minimum atomic E-state index is -0.361. The Bertz CT molecular complexity index is 255. The minimum Gasteiger partial charge on any atom is -0.182 e. The predicted molar refractivity (Wildman–Crippen MR) is 45.4 cm³/mol. The maximum atomic E-state index is 13.0. The van der Waals surface area contributed by atoms with Crippen LogP contribution in [0.3, 0.4) is 0 Å². The summed E-state index contributed by atoms with van der Waals surface area (Å²) in [4.78, 5) is 0.742. The topological polar surface area (TPSA) is 25.8 Å². The standard InChI is InChI=1S/C8H10FN2S/c9-8-7(12-11-10-8)6-4-2-1-3-5-6/h2,6H,1,3-5H2. The van der Waals surface area contributed by atoms with E-state index in [1.54, 1.807) is 0 Å². The van der Waals surface area contributed by atoms with Gasteiger partial charge in [-0.25, -0.2) is 0 Å². The van der Waals surface area contributed by atoms with E-state index in [2.05, 4.69) is 16.0 Å². The SMILES string of the molecule is Fc1nnsc1C1C[CH]CCC1. The van der Waals surface area contributed by atoms with E-state index in [4.69, 9.17) is 0 Å². The van der Waals surface area contributed by atoms with Crippen LogP contribution in [0.25, 0.3) is 0 Å². The van der Waals surface area contributed by atoms with Crippen molar-refractivity contribution in [2.24, 2.45) is 0 Å². The highest BCUT2D eigenvalue weighted by Gasteiger charge is 2.21. The van der Waals surface area contributed by atoms with Gasteiger partial charge in [0.15, 0.2) is 0 Å². The monoisotopic (exact) mass is 185 g/mol. The molecule has 12 heavy (non-hydrogen) atoms. The summed E-state index contributed by atoms with van der Waals surface area (Å²) in [5.41, 5.74) is 0. The van der Waals surface area contributed by atoms with E-state index < -0.39 is 0 Å². The first-order valence-corrected chi connectivity index (χ1v) is 4.94. The summed E-state index contributed by atoms with van der Waals surface area (Å²) in [6, 6.07) is 0. The Balaban J connectivity index is 2.13. The second-order valence-electron chi connectivity index (χ2n) is 3.08. The molecule has 2 rings (SSSR count). The van der Waals surface area contributed by atoms with Crippen molar-refractivity contribution in [1.29, 1.82) is 0 Å². The number of rotatable bonds is 1. The third kappa shape index (κ3) is 1.48. The maximum Gasteiger partial charge on any atom is 0.249 e. The number of nitrogens with zero attached hydrogens (tertiary/aromatic N) is 2. The molecule has 1 aromatic heterocycles. The fourth-order valence-corrected chi connectivity index (χ4v) is 2.29. The highest BCUT2D eigenvalue weighted by molar-refractivity contribution is 7.05. The maximum absolute atomic E-state index is 13.0. The van der Waals surface area contributed by atoms with Gasteiger partial charge in [-0.05, 0) is 36.7 Å². The molecule has 65 valence electrons.